The number of amides is 1. The van der Waals surface area contributed by atoms with Crippen molar-refractivity contribution in [1.29, 1.82) is 0 Å². The van der Waals surface area contributed by atoms with Crippen LogP contribution in [0.3, 0.4) is 0 Å². The molecule has 0 saturated carbocycles. The summed E-state index contributed by atoms with van der Waals surface area (Å²) in [5, 5.41) is 19.8. The molecule has 0 aliphatic carbocycles. The molecular formula is C17H20N6O2. The minimum Gasteiger partial charge on any atom is -0.395 e. The predicted molar refractivity (Wildman–Crippen MR) is 91.9 cm³/mol. The number of aliphatic hydroxyl groups is 1. The lowest BCUT2D eigenvalue weighted by Gasteiger charge is -2.13. The highest BCUT2D eigenvalue weighted by Gasteiger charge is 2.13. The number of carbonyl (C=O) groups excluding carboxylic acids is 1. The topological polar surface area (TPSA) is 97.0 Å². The van der Waals surface area contributed by atoms with Crippen LogP contribution in [0.2, 0.25) is 0 Å². The van der Waals surface area contributed by atoms with E-state index in [1.165, 1.54) is 0 Å². The van der Waals surface area contributed by atoms with E-state index in [4.69, 9.17) is 5.11 Å². The molecule has 4 rings (SSSR count). The fourth-order valence-electron chi connectivity index (χ4n) is 3.10. The van der Waals surface area contributed by atoms with Crippen molar-refractivity contribution in [3.63, 3.8) is 0 Å². The van der Waals surface area contributed by atoms with Crippen LogP contribution in [0.4, 0.5) is 0 Å². The minimum absolute atomic E-state index is 0.0534. The molecule has 0 spiro atoms. The van der Waals surface area contributed by atoms with Crippen molar-refractivity contribution in [2.75, 3.05) is 13.2 Å². The first kappa shape index (κ1) is 15.8. The van der Waals surface area contributed by atoms with Crippen molar-refractivity contribution < 1.29 is 9.90 Å². The van der Waals surface area contributed by atoms with Crippen molar-refractivity contribution in [3.05, 3.63) is 47.5 Å². The van der Waals surface area contributed by atoms with Crippen molar-refractivity contribution >= 4 is 16.9 Å². The van der Waals surface area contributed by atoms with E-state index in [1.54, 1.807) is 18.5 Å². The molecule has 0 unspecified atom stereocenters. The van der Waals surface area contributed by atoms with Crippen molar-refractivity contribution in [3.8, 4) is 0 Å². The highest BCUT2D eigenvalue weighted by Crippen LogP contribution is 2.15. The molecule has 1 aromatic carbocycles. The lowest BCUT2D eigenvalue weighted by molar-refractivity contribution is 0.0950. The molecule has 3 aromatic rings. The number of nitrogens with zero attached hydrogens (tertiary/aromatic N) is 4. The highest BCUT2D eigenvalue weighted by molar-refractivity contribution is 5.97. The van der Waals surface area contributed by atoms with Crippen molar-refractivity contribution in [2.24, 2.45) is 0 Å². The Kier molecular flexibility index (Phi) is 4.21. The van der Waals surface area contributed by atoms with Gasteiger partial charge in [-0.25, -0.2) is 4.98 Å². The summed E-state index contributed by atoms with van der Waals surface area (Å²) < 4.78 is 3.85. The lowest BCUT2D eigenvalue weighted by atomic mass is 10.2. The fourth-order valence-corrected chi connectivity index (χ4v) is 3.10. The van der Waals surface area contributed by atoms with E-state index < -0.39 is 0 Å². The normalized spacial score (nSPS) is 13.8. The molecule has 1 aliphatic rings. The number of imidazole rings is 1. The Labute approximate surface area is 144 Å². The van der Waals surface area contributed by atoms with E-state index in [-0.39, 0.29) is 12.5 Å². The third-order valence-corrected chi connectivity index (χ3v) is 4.37. The van der Waals surface area contributed by atoms with E-state index >= 15 is 0 Å². The van der Waals surface area contributed by atoms with Crippen LogP contribution in [0.5, 0.6) is 0 Å². The number of aromatic nitrogens is 4. The van der Waals surface area contributed by atoms with Crippen LogP contribution in [0.1, 0.15) is 21.7 Å². The van der Waals surface area contributed by atoms with Gasteiger partial charge < -0.3 is 20.3 Å². The van der Waals surface area contributed by atoms with Crippen molar-refractivity contribution in [2.45, 2.75) is 26.2 Å². The number of hydrogen-bond acceptors (Lipinski definition) is 5. The molecule has 3 N–H and O–H groups in total. The lowest BCUT2D eigenvalue weighted by Crippen LogP contribution is -2.28. The first-order valence-corrected chi connectivity index (χ1v) is 8.35. The molecule has 3 heterocycles. The second-order valence-corrected chi connectivity index (χ2v) is 6.07. The number of rotatable bonds is 5. The van der Waals surface area contributed by atoms with Crippen LogP contribution in [-0.4, -0.2) is 43.5 Å². The van der Waals surface area contributed by atoms with Gasteiger partial charge in [-0.2, -0.15) is 5.10 Å². The summed E-state index contributed by atoms with van der Waals surface area (Å²) in [6, 6.07) is 7.41. The average molecular weight is 340 g/mol. The van der Waals surface area contributed by atoms with Crippen LogP contribution in [0.25, 0.3) is 11.0 Å². The molecule has 0 atom stereocenters. The Morgan fingerprint density at radius 3 is 3.12 bits per heavy atom. The molecule has 0 fully saturated rings. The van der Waals surface area contributed by atoms with Crippen LogP contribution >= 0.6 is 0 Å². The first-order valence-electron chi connectivity index (χ1n) is 8.35. The van der Waals surface area contributed by atoms with Gasteiger partial charge in [-0.1, -0.05) is 0 Å². The van der Waals surface area contributed by atoms with Gasteiger partial charge in [0.15, 0.2) is 0 Å². The van der Waals surface area contributed by atoms with Crippen LogP contribution in [0.15, 0.2) is 30.6 Å². The number of aliphatic hydroxyl groups excluding tert-OH is 1. The highest BCUT2D eigenvalue weighted by atomic mass is 16.3. The number of fused-ring (bicyclic) bond motifs is 2. The van der Waals surface area contributed by atoms with E-state index in [0.29, 0.717) is 18.7 Å². The van der Waals surface area contributed by atoms with Gasteiger partial charge in [0.05, 0.1) is 48.4 Å². The second kappa shape index (κ2) is 6.66. The maximum absolute atomic E-state index is 12.4. The zero-order valence-corrected chi connectivity index (χ0v) is 13.8. The van der Waals surface area contributed by atoms with E-state index in [1.807, 2.05) is 21.4 Å². The van der Waals surface area contributed by atoms with Crippen LogP contribution in [-0.2, 0) is 26.2 Å². The third kappa shape index (κ3) is 3.13. The van der Waals surface area contributed by atoms with Gasteiger partial charge in [0.25, 0.3) is 5.91 Å². The zero-order valence-electron chi connectivity index (χ0n) is 13.8. The Morgan fingerprint density at radius 1 is 1.36 bits per heavy atom. The third-order valence-electron chi connectivity index (χ3n) is 4.37. The van der Waals surface area contributed by atoms with Gasteiger partial charge in [0, 0.05) is 25.2 Å². The molecule has 25 heavy (non-hydrogen) atoms. The Balaban J connectivity index is 1.45. The SMILES string of the molecule is O=C(NCc1cc2n(n1)CCNC2)c1ccc2c(c1)ncn2CCO. The molecule has 2 aromatic heterocycles. The molecular weight excluding hydrogens is 320 g/mol. The van der Waals surface area contributed by atoms with Crippen LogP contribution in [0, 0.1) is 0 Å². The standard InChI is InChI=1S/C17H20N6O2/c24-6-5-22-11-20-15-7-12(1-2-16(15)22)17(25)19-9-13-8-14-10-18-3-4-23(14)21-13/h1-2,7-8,11,18,24H,3-6,9-10H2,(H,19,25). The quantitative estimate of drug-likeness (QED) is 0.619. The first-order chi connectivity index (χ1) is 12.2. The van der Waals surface area contributed by atoms with Gasteiger partial charge >= 0.3 is 0 Å². The molecule has 0 radical (unpaired) electrons. The van der Waals surface area contributed by atoms with Gasteiger partial charge in [0.2, 0.25) is 0 Å². The van der Waals surface area contributed by atoms with Gasteiger partial charge in [0.1, 0.15) is 0 Å². The molecule has 1 amide bonds. The molecule has 8 heteroatoms. The van der Waals surface area contributed by atoms with E-state index in [0.717, 1.165) is 42.1 Å². The number of nitrogens with one attached hydrogen (secondary N) is 2. The van der Waals surface area contributed by atoms with E-state index in [9.17, 15) is 4.79 Å². The molecule has 1 aliphatic heterocycles. The van der Waals surface area contributed by atoms with Crippen molar-refractivity contribution in [1.82, 2.24) is 30.0 Å². The maximum atomic E-state index is 12.4. The summed E-state index contributed by atoms with van der Waals surface area (Å²) in [7, 11) is 0. The van der Waals surface area contributed by atoms with Gasteiger partial charge in [-0.15, -0.1) is 0 Å². The van der Waals surface area contributed by atoms with E-state index in [2.05, 4.69) is 20.7 Å². The molecule has 8 nitrogen and oxygen atoms in total. The summed E-state index contributed by atoms with van der Waals surface area (Å²) >= 11 is 0. The fraction of sp³-hybridized carbons (Fsp3) is 0.353. The minimum atomic E-state index is -0.150. The molecule has 130 valence electrons. The molecule has 0 saturated heterocycles. The number of carbonyl (C=O) groups is 1. The molecule has 0 bridgehead atoms. The summed E-state index contributed by atoms with van der Waals surface area (Å²) in [4.78, 5) is 16.7. The zero-order chi connectivity index (χ0) is 17.2. The largest absolute Gasteiger partial charge is 0.395 e. The van der Waals surface area contributed by atoms with Gasteiger partial charge in [-0.05, 0) is 24.3 Å². The van der Waals surface area contributed by atoms with Crippen LogP contribution < -0.4 is 10.6 Å². The average Bonchev–Trinajstić information content (AvgIpc) is 3.23. The van der Waals surface area contributed by atoms with Gasteiger partial charge in [-0.3, -0.25) is 9.48 Å². The summed E-state index contributed by atoms with van der Waals surface area (Å²) in [5.41, 5.74) is 4.21. The Hall–Kier alpha value is -2.71. The smallest absolute Gasteiger partial charge is 0.251 e. The predicted octanol–water partition coefficient (Wildman–Crippen LogP) is 0.258. The second-order valence-electron chi connectivity index (χ2n) is 6.07. The number of hydrogen-bond donors (Lipinski definition) is 3. The summed E-state index contributed by atoms with van der Waals surface area (Å²) in [6.45, 7) is 3.53. The Bertz CT molecular complexity index is 890. The Morgan fingerprint density at radius 2 is 2.28 bits per heavy atom. The maximum Gasteiger partial charge on any atom is 0.251 e. The monoisotopic (exact) mass is 340 g/mol. The summed E-state index contributed by atoms with van der Waals surface area (Å²) in [6.07, 6.45) is 1.67. The number of benzene rings is 1. The summed E-state index contributed by atoms with van der Waals surface area (Å²) in [5.74, 6) is -0.150.